The van der Waals surface area contributed by atoms with Crippen LogP contribution in [0.2, 0.25) is 0 Å². The highest BCUT2D eigenvalue weighted by atomic mass is 16.5. The smallest absolute Gasteiger partial charge is 0.244 e. The van der Waals surface area contributed by atoms with E-state index in [4.69, 9.17) is 9.47 Å². The van der Waals surface area contributed by atoms with Crippen LogP contribution in [-0.2, 0) is 9.59 Å². The molecule has 0 heterocycles. The molecule has 0 aliphatic heterocycles. The normalized spacial score (nSPS) is 14.4. The van der Waals surface area contributed by atoms with Crippen LogP contribution in [0.25, 0.3) is 6.08 Å². The zero-order chi connectivity index (χ0) is 18.8. The minimum Gasteiger partial charge on any atom is -0.493 e. The molecule has 2 rings (SSSR count). The lowest BCUT2D eigenvalue weighted by Gasteiger charge is -2.11. The fraction of sp³-hybridized carbons (Fsp3) is 0.500. The number of benzene rings is 1. The van der Waals surface area contributed by atoms with Gasteiger partial charge in [-0.15, -0.1) is 0 Å². The summed E-state index contributed by atoms with van der Waals surface area (Å²) >= 11 is 0. The number of carbonyl (C=O) groups excluding carboxylic acids is 2. The van der Waals surface area contributed by atoms with Crippen molar-refractivity contribution in [1.82, 2.24) is 10.6 Å². The van der Waals surface area contributed by atoms with E-state index in [2.05, 4.69) is 10.6 Å². The molecular weight excluding hydrogens is 332 g/mol. The maximum absolute atomic E-state index is 11.9. The Bertz CT molecular complexity index is 637. The lowest BCUT2D eigenvalue weighted by Crippen LogP contribution is -2.35. The average molecular weight is 360 g/mol. The third-order valence-corrected chi connectivity index (χ3v) is 4.29. The zero-order valence-electron chi connectivity index (χ0n) is 15.5. The van der Waals surface area contributed by atoms with Crippen LogP contribution in [0.15, 0.2) is 24.3 Å². The summed E-state index contributed by atoms with van der Waals surface area (Å²) in [5.41, 5.74) is 0.833. The van der Waals surface area contributed by atoms with E-state index in [1.165, 1.54) is 18.9 Å². The van der Waals surface area contributed by atoms with E-state index in [-0.39, 0.29) is 11.8 Å². The maximum atomic E-state index is 11.9. The Kier molecular flexibility index (Phi) is 7.99. The van der Waals surface area contributed by atoms with Crippen LogP contribution in [0.4, 0.5) is 0 Å². The molecule has 26 heavy (non-hydrogen) atoms. The van der Waals surface area contributed by atoms with Gasteiger partial charge in [-0.2, -0.15) is 0 Å². The molecule has 142 valence electrons. The molecule has 0 saturated heterocycles. The van der Waals surface area contributed by atoms with Crippen molar-refractivity contribution in [2.24, 2.45) is 0 Å². The predicted octanol–water partition coefficient (Wildman–Crippen LogP) is 2.67. The van der Waals surface area contributed by atoms with E-state index < -0.39 is 0 Å². The van der Waals surface area contributed by atoms with Crippen molar-refractivity contribution in [1.29, 1.82) is 0 Å². The van der Waals surface area contributed by atoms with Gasteiger partial charge in [0.15, 0.2) is 11.5 Å². The van der Waals surface area contributed by atoms with E-state index in [1.54, 1.807) is 13.2 Å². The van der Waals surface area contributed by atoms with Crippen molar-refractivity contribution >= 4 is 17.9 Å². The second kappa shape index (κ2) is 10.5. The maximum Gasteiger partial charge on any atom is 0.244 e. The van der Waals surface area contributed by atoms with Gasteiger partial charge in [0.2, 0.25) is 11.8 Å². The summed E-state index contributed by atoms with van der Waals surface area (Å²) in [4.78, 5) is 23.7. The largest absolute Gasteiger partial charge is 0.493 e. The number of carbonyl (C=O) groups is 2. The first-order valence-electron chi connectivity index (χ1n) is 9.18. The lowest BCUT2D eigenvalue weighted by molar-refractivity contribution is -0.121. The molecular formula is C20H28N2O4. The first kappa shape index (κ1) is 19.8. The molecule has 0 bridgehead atoms. The van der Waals surface area contributed by atoms with Crippen molar-refractivity contribution in [2.45, 2.75) is 45.1 Å². The van der Waals surface area contributed by atoms with Gasteiger partial charge in [-0.25, -0.2) is 0 Å². The second-order valence-corrected chi connectivity index (χ2v) is 6.27. The molecule has 6 nitrogen and oxygen atoms in total. The Morgan fingerprint density at radius 2 is 2.00 bits per heavy atom. The molecule has 1 aliphatic carbocycles. The molecule has 0 aromatic heterocycles. The fourth-order valence-corrected chi connectivity index (χ4v) is 2.96. The number of amides is 2. The van der Waals surface area contributed by atoms with Crippen molar-refractivity contribution in [3.63, 3.8) is 0 Å². The van der Waals surface area contributed by atoms with Gasteiger partial charge in [-0.3, -0.25) is 9.59 Å². The summed E-state index contributed by atoms with van der Waals surface area (Å²) in [5.74, 6) is 1.06. The summed E-state index contributed by atoms with van der Waals surface area (Å²) in [5, 5.41) is 5.73. The number of ether oxygens (including phenoxy) is 2. The minimum absolute atomic E-state index is 0.00238. The molecule has 1 aromatic carbocycles. The van der Waals surface area contributed by atoms with Crippen LogP contribution >= 0.6 is 0 Å². The van der Waals surface area contributed by atoms with E-state index in [1.807, 2.05) is 25.1 Å². The molecule has 1 aromatic rings. The molecule has 2 amide bonds. The first-order valence-corrected chi connectivity index (χ1v) is 9.18. The van der Waals surface area contributed by atoms with Crippen molar-refractivity contribution in [2.75, 3.05) is 20.3 Å². The SMILES string of the molecule is CCOc1ccc(C=CC(=O)NCCC(=O)NC2CCCC2)cc1OC. The third kappa shape index (κ3) is 6.43. The van der Waals surface area contributed by atoms with Gasteiger partial charge >= 0.3 is 0 Å². The van der Waals surface area contributed by atoms with E-state index in [9.17, 15) is 9.59 Å². The van der Waals surface area contributed by atoms with Crippen LogP contribution in [0.3, 0.4) is 0 Å². The zero-order valence-corrected chi connectivity index (χ0v) is 15.5. The number of rotatable bonds is 9. The quantitative estimate of drug-likeness (QED) is 0.664. The molecule has 0 unspecified atom stereocenters. The number of methoxy groups -OCH3 is 1. The van der Waals surface area contributed by atoms with Crippen molar-refractivity contribution in [3.05, 3.63) is 29.8 Å². The molecule has 6 heteroatoms. The minimum atomic E-state index is -0.230. The standard InChI is InChI=1S/C20H28N2O4/c1-3-26-17-10-8-15(14-18(17)25-2)9-11-19(23)21-13-12-20(24)22-16-6-4-5-7-16/h8-11,14,16H,3-7,12-13H2,1-2H3,(H,21,23)(H,22,24). The van der Waals surface area contributed by atoms with Crippen LogP contribution in [-0.4, -0.2) is 38.1 Å². The molecule has 1 fully saturated rings. The molecule has 2 N–H and O–H groups in total. The van der Waals surface area contributed by atoms with Gasteiger partial charge in [-0.05, 0) is 43.5 Å². The van der Waals surface area contributed by atoms with Crippen LogP contribution in [0.1, 0.15) is 44.6 Å². The highest BCUT2D eigenvalue weighted by Gasteiger charge is 2.16. The first-order chi connectivity index (χ1) is 12.6. The Morgan fingerprint density at radius 1 is 1.23 bits per heavy atom. The summed E-state index contributed by atoms with van der Waals surface area (Å²) in [6.45, 7) is 2.79. The Morgan fingerprint density at radius 3 is 2.69 bits per heavy atom. The molecule has 0 spiro atoms. The van der Waals surface area contributed by atoms with Crippen LogP contribution < -0.4 is 20.1 Å². The Labute approximate surface area is 154 Å². The summed E-state index contributed by atoms with van der Waals surface area (Å²) < 4.78 is 10.8. The van der Waals surface area contributed by atoms with Crippen molar-refractivity contribution in [3.8, 4) is 11.5 Å². The molecule has 0 radical (unpaired) electrons. The highest BCUT2D eigenvalue weighted by molar-refractivity contribution is 5.92. The van der Waals surface area contributed by atoms with Gasteiger partial charge < -0.3 is 20.1 Å². The van der Waals surface area contributed by atoms with Crippen LogP contribution in [0, 0.1) is 0 Å². The van der Waals surface area contributed by atoms with Crippen molar-refractivity contribution < 1.29 is 19.1 Å². The Balaban J connectivity index is 1.75. The summed E-state index contributed by atoms with van der Waals surface area (Å²) in [6.07, 6.45) is 7.94. The number of hydrogen-bond acceptors (Lipinski definition) is 4. The topological polar surface area (TPSA) is 76.7 Å². The molecule has 1 saturated carbocycles. The second-order valence-electron chi connectivity index (χ2n) is 6.27. The predicted molar refractivity (Wildman–Crippen MR) is 101 cm³/mol. The van der Waals surface area contributed by atoms with Gasteiger partial charge in [0.05, 0.1) is 13.7 Å². The highest BCUT2D eigenvalue weighted by Crippen LogP contribution is 2.28. The van der Waals surface area contributed by atoms with E-state index in [0.29, 0.717) is 37.1 Å². The van der Waals surface area contributed by atoms with Gasteiger partial charge in [0.25, 0.3) is 0 Å². The number of hydrogen-bond donors (Lipinski definition) is 2. The summed E-state index contributed by atoms with van der Waals surface area (Å²) in [7, 11) is 1.58. The van der Waals surface area contributed by atoms with E-state index in [0.717, 1.165) is 18.4 Å². The third-order valence-electron chi connectivity index (χ3n) is 4.29. The number of nitrogens with one attached hydrogen (secondary N) is 2. The molecule has 1 aliphatic rings. The van der Waals surface area contributed by atoms with Gasteiger partial charge in [0.1, 0.15) is 0 Å². The fourth-order valence-electron chi connectivity index (χ4n) is 2.96. The summed E-state index contributed by atoms with van der Waals surface area (Å²) in [6, 6.07) is 5.79. The Hall–Kier alpha value is -2.50. The van der Waals surface area contributed by atoms with Crippen LogP contribution in [0.5, 0.6) is 11.5 Å². The van der Waals surface area contributed by atoms with Gasteiger partial charge in [-0.1, -0.05) is 18.9 Å². The lowest BCUT2D eigenvalue weighted by atomic mass is 10.2. The molecule has 0 atom stereocenters. The van der Waals surface area contributed by atoms with E-state index >= 15 is 0 Å². The van der Waals surface area contributed by atoms with Gasteiger partial charge in [0, 0.05) is 25.1 Å². The monoisotopic (exact) mass is 360 g/mol. The average Bonchev–Trinajstić information content (AvgIpc) is 3.14.